The molecule has 0 heterocycles. The number of halogens is 1. The number of rotatable bonds is 3. The third-order valence-electron chi connectivity index (χ3n) is 3.07. The minimum absolute atomic E-state index is 0.644. The molecule has 1 aliphatic carbocycles. The summed E-state index contributed by atoms with van der Waals surface area (Å²) in [5.74, 6) is -0.117. The maximum atomic E-state index is 11.3. The average molecular weight is 285 g/mol. The van der Waals surface area contributed by atoms with Gasteiger partial charge in [-0.3, -0.25) is 4.79 Å². The molecule has 1 aliphatic rings. The number of hydrogen-bond donors (Lipinski definition) is 1. The minimum Gasteiger partial charge on any atom is -0.495 e. The van der Waals surface area contributed by atoms with Crippen LogP contribution in [0.4, 0.5) is 0 Å². The molecule has 16 heavy (non-hydrogen) atoms. The van der Waals surface area contributed by atoms with Gasteiger partial charge in [0.2, 0.25) is 0 Å². The molecule has 1 aromatic carbocycles. The highest BCUT2D eigenvalue weighted by atomic mass is 79.9. The van der Waals surface area contributed by atoms with E-state index in [2.05, 4.69) is 15.9 Å². The van der Waals surface area contributed by atoms with Crippen molar-refractivity contribution in [3.63, 3.8) is 0 Å². The van der Waals surface area contributed by atoms with Gasteiger partial charge in [0.05, 0.1) is 17.0 Å². The molecule has 1 N–H and O–H groups in total. The van der Waals surface area contributed by atoms with Crippen molar-refractivity contribution < 1.29 is 14.6 Å². The Hall–Kier alpha value is -1.03. The lowest BCUT2D eigenvalue weighted by Gasteiger charge is -2.17. The molecular weight excluding hydrogens is 272 g/mol. The van der Waals surface area contributed by atoms with Gasteiger partial charge < -0.3 is 9.84 Å². The van der Waals surface area contributed by atoms with Crippen LogP contribution in [0.3, 0.4) is 0 Å². The third kappa shape index (κ3) is 1.61. The fourth-order valence-electron chi connectivity index (χ4n) is 2.02. The Morgan fingerprint density at radius 3 is 2.56 bits per heavy atom. The van der Waals surface area contributed by atoms with E-state index in [9.17, 15) is 9.90 Å². The molecule has 1 fully saturated rings. The molecule has 3 nitrogen and oxygen atoms in total. The molecule has 2 rings (SSSR count). The SMILES string of the molecule is COc1c(Br)cc(C)cc1C1(C(=O)O)CC1. The summed E-state index contributed by atoms with van der Waals surface area (Å²) in [6.45, 7) is 1.95. The predicted molar refractivity (Wildman–Crippen MR) is 64.0 cm³/mol. The van der Waals surface area contributed by atoms with Crippen molar-refractivity contribution in [2.75, 3.05) is 7.11 Å². The van der Waals surface area contributed by atoms with Crippen LogP contribution >= 0.6 is 15.9 Å². The number of carboxylic acid groups (broad SMARTS) is 1. The third-order valence-corrected chi connectivity index (χ3v) is 3.66. The monoisotopic (exact) mass is 284 g/mol. The van der Waals surface area contributed by atoms with E-state index in [-0.39, 0.29) is 0 Å². The number of ether oxygens (including phenoxy) is 1. The van der Waals surface area contributed by atoms with Gasteiger partial charge in [0, 0.05) is 5.56 Å². The first-order chi connectivity index (χ1) is 7.51. The van der Waals surface area contributed by atoms with Gasteiger partial charge in [-0.15, -0.1) is 0 Å². The summed E-state index contributed by atoms with van der Waals surface area (Å²) in [4.78, 5) is 11.3. The molecule has 0 amide bonds. The number of carboxylic acids is 1. The Bertz CT molecular complexity index is 450. The highest BCUT2D eigenvalue weighted by Crippen LogP contribution is 2.53. The van der Waals surface area contributed by atoms with Gasteiger partial charge in [0.1, 0.15) is 5.75 Å². The minimum atomic E-state index is -0.761. The summed E-state index contributed by atoms with van der Waals surface area (Å²) < 4.78 is 6.11. The van der Waals surface area contributed by atoms with Crippen LogP contribution in [-0.4, -0.2) is 18.2 Å². The lowest BCUT2D eigenvalue weighted by molar-refractivity contribution is -0.140. The van der Waals surface area contributed by atoms with Crippen LogP contribution in [0.15, 0.2) is 16.6 Å². The number of aliphatic carboxylic acids is 1. The lowest BCUT2D eigenvalue weighted by Crippen LogP contribution is -2.20. The molecule has 0 atom stereocenters. The Morgan fingerprint density at radius 1 is 1.50 bits per heavy atom. The molecule has 0 aliphatic heterocycles. The first-order valence-electron chi connectivity index (χ1n) is 5.09. The van der Waals surface area contributed by atoms with Gasteiger partial charge in [-0.2, -0.15) is 0 Å². The van der Waals surface area contributed by atoms with E-state index in [1.54, 1.807) is 7.11 Å². The van der Waals surface area contributed by atoms with E-state index in [1.807, 2.05) is 19.1 Å². The van der Waals surface area contributed by atoms with Crippen molar-refractivity contribution in [2.45, 2.75) is 25.2 Å². The summed E-state index contributed by atoms with van der Waals surface area (Å²) in [6, 6.07) is 3.84. The Morgan fingerprint density at radius 2 is 2.12 bits per heavy atom. The maximum Gasteiger partial charge on any atom is 0.314 e. The highest BCUT2D eigenvalue weighted by Gasteiger charge is 2.53. The van der Waals surface area contributed by atoms with Crippen LogP contribution in [0.5, 0.6) is 5.75 Å². The van der Waals surface area contributed by atoms with Gasteiger partial charge in [0.15, 0.2) is 0 Å². The van der Waals surface area contributed by atoms with Crippen LogP contribution in [0.1, 0.15) is 24.0 Å². The van der Waals surface area contributed by atoms with E-state index < -0.39 is 11.4 Å². The Kier molecular flexibility index (Phi) is 2.70. The number of aryl methyl sites for hydroxylation is 1. The number of carbonyl (C=O) groups is 1. The zero-order valence-electron chi connectivity index (χ0n) is 9.21. The summed E-state index contributed by atoms with van der Waals surface area (Å²) in [5, 5.41) is 9.29. The largest absolute Gasteiger partial charge is 0.495 e. The maximum absolute atomic E-state index is 11.3. The van der Waals surface area contributed by atoms with Crippen molar-refractivity contribution >= 4 is 21.9 Å². The number of hydrogen-bond acceptors (Lipinski definition) is 2. The molecule has 0 radical (unpaired) electrons. The van der Waals surface area contributed by atoms with Crippen LogP contribution in [-0.2, 0) is 10.2 Å². The summed E-state index contributed by atoms with van der Waals surface area (Å²) >= 11 is 3.41. The molecule has 0 spiro atoms. The number of benzene rings is 1. The molecule has 1 aromatic rings. The van der Waals surface area contributed by atoms with Crippen LogP contribution < -0.4 is 4.74 Å². The molecule has 0 saturated heterocycles. The second kappa shape index (κ2) is 3.77. The van der Waals surface area contributed by atoms with Crippen LogP contribution in [0, 0.1) is 6.92 Å². The topological polar surface area (TPSA) is 46.5 Å². The Balaban J connectivity index is 2.60. The highest BCUT2D eigenvalue weighted by molar-refractivity contribution is 9.10. The first kappa shape index (κ1) is 11.5. The molecular formula is C12H13BrO3. The van der Waals surface area contributed by atoms with E-state index in [4.69, 9.17) is 4.74 Å². The molecule has 0 bridgehead atoms. The van der Waals surface area contributed by atoms with E-state index in [1.165, 1.54) is 0 Å². The van der Waals surface area contributed by atoms with Gasteiger partial charge in [-0.05, 0) is 47.3 Å². The van der Waals surface area contributed by atoms with Gasteiger partial charge >= 0.3 is 5.97 Å². The second-order valence-electron chi connectivity index (χ2n) is 4.21. The molecule has 0 aromatic heterocycles. The standard InChI is InChI=1S/C12H13BrO3/c1-7-5-8(10(16-2)9(13)6-7)12(3-4-12)11(14)15/h5-6H,3-4H2,1-2H3,(H,14,15). The van der Waals surface area contributed by atoms with E-state index in [0.29, 0.717) is 18.6 Å². The second-order valence-corrected chi connectivity index (χ2v) is 5.07. The van der Waals surface area contributed by atoms with Gasteiger partial charge in [-0.1, -0.05) is 6.07 Å². The van der Waals surface area contributed by atoms with Crippen LogP contribution in [0.25, 0.3) is 0 Å². The molecule has 4 heteroatoms. The zero-order chi connectivity index (χ0) is 11.9. The van der Waals surface area contributed by atoms with Crippen molar-refractivity contribution in [3.05, 3.63) is 27.7 Å². The predicted octanol–water partition coefficient (Wildman–Crippen LogP) is 2.88. The zero-order valence-corrected chi connectivity index (χ0v) is 10.8. The van der Waals surface area contributed by atoms with E-state index >= 15 is 0 Å². The fourth-order valence-corrected chi connectivity index (χ4v) is 2.75. The Labute approximate surface area is 103 Å². The van der Waals surface area contributed by atoms with Crippen LogP contribution in [0.2, 0.25) is 0 Å². The van der Waals surface area contributed by atoms with Crippen molar-refractivity contribution in [1.82, 2.24) is 0 Å². The van der Waals surface area contributed by atoms with Gasteiger partial charge in [0.25, 0.3) is 0 Å². The molecule has 86 valence electrons. The smallest absolute Gasteiger partial charge is 0.314 e. The number of methoxy groups -OCH3 is 1. The first-order valence-corrected chi connectivity index (χ1v) is 5.88. The normalized spacial score (nSPS) is 16.9. The van der Waals surface area contributed by atoms with E-state index in [0.717, 1.165) is 15.6 Å². The van der Waals surface area contributed by atoms with Crippen molar-refractivity contribution in [3.8, 4) is 5.75 Å². The summed E-state index contributed by atoms with van der Waals surface area (Å²) in [7, 11) is 1.57. The summed E-state index contributed by atoms with van der Waals surface area (Å²) in [6.07, 6.45) is 1.38. The van der Waals surface area contributed by atoms with Crippen molar-refractivity contribution in [1.29, 1.82) is 0 Å². The quantitative estimate of drug-likeness (QED) is 0.928. The summed E-state index contributed by atoms with van der Waals surface area (Å²) in [5.41, 5.74) is 1.10. The molecule has 1 saturated carbocycles. The fraction of sp³-hybridized carbons (Fsp3) is 0.417. The average Bonchev–Trinajstić information content (AvgIpc) is 2.97. The van der Waals surface area contributed by atoms with Gasteiger partial charge in [-0.25, -0.2) is 0 Å². The van der Waals surface area contributed by atoms with Crippen molar-refractivity contribution in [2.24, 2.45) is 0 Å². The lowest BCUT2D eigenvalue weighted by atomic mass is 9.93. The molecule has 0 unspecified atom stereocenters.